The summed E-state index contributed by atoms with van der Waals surface area (Å²) in [6, 6.07) is 18.2. The number of likely N-dealkylation sites (N-methyl/N-ethyl adjacent to an activating group) is 1. The summed E-state index contributed by atoms with van der Waals surface area (Å²) in [5.74, 6) is -0.430. The zero-order valence-electron chi connectivity index (χ0n) is 16.7. The van der Waals surface area contributed by atoms with E-state index in [2.05, 4.69) is 5.32 Å². The highest BCUT2D eigenvalue weighted by Crippen LogP contribution is 2.07. The molecule has 7 nitrogen and oxygen atoms in total. The van der Waals surface area contributed by atoms with E-state index in [9.17, 15) is 14.7 Å². The van der Waals surface area contributed by atoms with Crippen molar-refractivity contribution in [2.24, 2.45) is 5.73 Å². The molecular weight excluding hydrogens is 370 g/mol. The third kappa shape index (κ3) is 7.93. The van der Waals surface area contributed by atoms with Gasteiger partial charge in [0, 0.05) is 26.2 Å². The molecule has 29 heavy (non-hydrogen) atoms. The molecule has 0 radical (unpaired) electrons. The predicted octanol–water partition coefficient (Wildman–Crippen LogP) is 1.69. The summed E-state index contributed by atoms with van der Waals surface area (Å²) in [5, 5.41) is 12.9. The molecule has 2 aromatic rings. The number of amides is 2. The maximum Gasteiger partial charge on any atom is 0.407 e. The van der Waals surface area contributed by atoms with E-state index in [4.69, 9.17) is 10.5 Å². The van der Waals surface area contributed by atoms with E-state index < -0.39 is 24.1 Å². The Labute approximate surface area is 171 Å². The average Bonchev–Trinajstić information content (AvgIpc) is 2.75. The number of aliphatic hydroxyl groups excluding tert-OH is 1. The number of carbonyl (C=O) groups is 2. The Balaban J connectivity index is 1.64. The summed E-state index contributed by atoms with van der Waals surface area (Å²) >= 11 is 0. The van der Waals surface area contributed by atoms with Crippen LogP contribution in [0, 0.1) is 0 Å². The molecule has 0 bridgehead atoms. The quantitative estimate of drug-likeness (QED) is 0.528. The Morgan fingerprint density at radius 2 is 1.66 bits per heavy atom. The van der Waals surface area contributed by atoms with Crippen LogP contribution < -0.4 is 11.1 Å². The fourth-order valence-electron chi connectivity index (χ4n) is 2.80. The zero-order valence-corrected chi connectivity index (χ0v) is 16.7. The van der Waals surface area contributed by atoms with Crippen molar-refractivity contribution in [1.29, 1.82) is 0 Å². The van der Waals surface area contributed by atoms with E-state index >= 15 is 0 Å². The van der Waals surface area contributed by atoms with Crippen LogP contribution in [0.2, 0.25) is 0 Å². The molecule has 2 amide bonds. The molecule has 156 valence electrons. The topological polar surface area (TPSA) is 105 Å². The van der Waals surface area contributed by atoms with Crippen LogP contribution in [0.1, 0.15) is 17.5 Å². The highest BCUT2D eigenvalue weighted by molar-refractivity contribution is 5.81. The Morgan fingerprint density at radius 1 is 1.07 bits per heavy atom. The van der Waals surface area contributed by atoms with Crippen LogP contribution in [-0.4, -0.2) is 54.3 Å². The summed E-state index contributed by atoms with van der Waals surface area (Å²) in [4.78, 5) is 25.5. The second-order valence-electron chi connectivity index (χ2n) is 6.90. The minimum absolute atomic E-state index is 0.205. The van der Waals surface area contributed by atoms with Crippen LogP contribution in [0.15, 0.2) is 60.7 Å². The van der Waals surface area contributed by atoms with Gasteiger partial charge in [-0.3, -0.25) is 4.79 Å². The minimum Gasteiger partial charge on any atom is -0.445 e. The summed E-state index contributed by atoms with van der Waals surface area (Å²) < 4.78 is 5.12. The van der Waals surface area contributed by atoms with Crippen molar-refractivity contribution in [3.8, 4) is 0 Å². The molecule has 0 aliphatic carbocycles. The maximum atomic E-state index is 12.3. The number of aliphatic hydroxyl groups is 1. The Morgan fingerprint density at radius 3 is 2.28 bits per heavy atom. The summed E-state index contributed by atoms with van der Waals surface area (Å²) in [7, 11) is 1.61. The van der Waals surface area contributed by atoms with E-state index in [1.54, 1.807) is 7.05 Å². The van der Waals surface area contributed by atoms with Gasteiger partial charge in [-0.25, -0.2) is 4.79 Å². The summed E-state index contributed by atoms with van der Waals surface area (Å²) in [6.45, 7) is 0.945. The highest BCUT2D eigenvalue weighted by atomic mass is 16.5. The number of alkyl carbamates (subject to hydrolysis) is 1. The van der Waals surface area contributed by atoms with Crippen molar-refractivity contribution in [3.05, 3.63) is 71.8 Å². The lowest BCUT2D eigenvalue weighted by molar-refractivity contribution is -0.139. The first kappa shape index (κ1) is 22.4. The lowest BCUT2D eigenvalue weighted by atomic mass is 10.0. The van der Waals surface area contributed by atoms with Gasteiger partial charge in [0.25, 0.3) is 5.91 Å². The SMILES string of the molecule is CN(CCCNC(=O)OCc1ccccc1)C(=O)C(O)[C@H](N)Cc1ccccc1. The number of nitrogens with one attached hydrogen (secondary N) is 1. The van der Waals surface area contributed by atoms with Crippen LogP contribution in [0.25, 0.3) is 0 Å². The van der Waals surface area contributed by atoms with Gasteiger partial charge in [-0.15, -0.1) is 0 Å². The van der Waals surface area contributed by atoms with Crippen molar-refractivity contribution in [2.45, 2.75) is 31.6 Å². The fraction of sp³-hybridized carbons (Fsp3) is 0.364. The molecule has 0 aromatic heterocycles. The van der Waals surface area contributed by atoms with Gasteiger partial charge in [-0.05, 0) is 24.0 Å². The van der Waals surface area contributed by atoms with Crippen molar-refractivity contribution < 1.29 is 19.4 Å². The van der Waals surface area contributed by atoms with Crippen molar-refractivity contribution in [1.82, 2.24) is 10.2 Å². The summed E-state index contributed by atoms with van der Waals surface area (Å²) in [6.07, 6.45) is -0.837. The molecule has 2 atom stereocenters. The molecule has 0 fully saturated rings. The predicted molar refractivity (Wildman–Crippen MR) is 111 cm³/mol. The van der Waals surface area contributed by atoms with Crippen LogP contribution in [-0.2, 0) is 22.6 Å². The number of hydrogen-bond donors (Lipinski definition) is 3. The van der Waals surface area contributed by atoms with Crippen molar-refractivity contribution in [2.75, 3.05) is 20.1 Å². The van der Waals surface area contributed by atoms with E-state index in [0.717, 1.165) is 11.1 Å². The first-order chi connectivity index (χ1) is 14.0. The number of rotatable bonds is 10. The molecular formula is C22H29N3O4. The first-order valence-corrected chi connectivity index (χ1v) is 9.64. The number of nitrogens with two attached hydrogens (primary N) is 1. The van der Waals surface area contributed by atoms with Gasteiger partial charge in [-0.1, -0.05) is 60.7 Å². The molecule has 2 aromatic carbocycles. The fourth-order valence-corrected chi connectivity index (χ4v) is 2.80. The number of nitrogens with zero attached hydrogens (tertiary/aromatic N) is 1. The largest absolute Gasteiger partial charge is 0.445 e. The molecule has 0 saturated carbocycles. The molecule has 0 aliphatic rings. The molecule has 0 saturated heterocycles. The van der Waals surface area contributed by atoms with Crippen LogP contribution in [0.4, 0.5) is 4.79 Å². The second-order valence-corrected chi connectivity index (χ2v) is 6.90. The lowest BCUT2D eigenvalue weighted by Gasteiger charge is -2.24. The second kappa shape index (κ2) is 11.8. The van der Waals surface area contributed by atoms with Gasteiger partial charge < -0.3 is 25.8 Å². The van der Waals surface area contributed by atoms with E-state index in [0.29, 0.717) is 25.9 Å². The molecule has 0 spiro atoms. The van der Waals surface area contributed by atoms with Gasteiger partial charge in [-0.2, -0.15) is 0 Å². The molecule has 1 unspecified atom stereocenters. The maximum absolute atomic E-state index is 12.3. The zero-order chi connectivity index (χ0) is 21.1. The van der Waals surface area contributed by atoms with Gasteiger partial charge in [0.05, 0.1) is 0 Å². The Kier molecular flexibility index (Phi) is 9.14. The lowest BCUT2D eigenvalue weighted by Crippen LogP contribution is -2.48. The minimum atomic E-state index is -1.27. The van der Waals surface area contributed by atoms with E-state index in [1.165, 1.54) is 4.90 Å². The number of benzene rings is 2. The number of ether oxygens (including phenoxy) is 1. The molecule has 4 N–H and O–H groups in total. The van der Waals surface area contributed by atoms with E-state index in [-0.39, 0.29) is 6.61 Å². The van der Waals surface area contributed by atoms with Crippen LogP contribution in [0.5, 0.6) is 0 Å². The average molecular weight is 399 g/mol. The van der Waals surface area contributed by atoms with Gasteiger partial charge in [0.2, 0.25) is 0 Å². The van der Waals surface area contributed by atoms with Crippen LogP contribution >= 0.6 is 0 Å². The van der Waals surface area contributed by atoms with Crippen LogP contribution in [0.3, 0.4) is 0 Å². The molecule has 2 rings (SSSR count). The number of hydrogen-bond acceptors (Lipinski definition) is 5. The smallest absolute Gasteiger partial charge is 0.407 e. The third-order valence-electron chi connectivity index (χ3n) is 4.50. The number of carbonyl (C=O) groups excluding carboxylic acids is 2. The Hall–Kier alpha value is -2.90. The third-order valence-corrected chi connectivity index (χ3v) is 4.50. The van der Waals surface area contributed by atoms with Gasteiger partial charge in [0.15, 0.2) is 0 Å². The molecule has 0 heterocycles. The van der Waals surface area contributed by atoms with Crippen molar-refractivity contribution >= 4 is 12.0 Å². The molecule has 7 heteroatoms. The first-order valence-electron chi connectivity index (χ1n) is 9.64. The standard InChI is InChI=1S/C22H29N3O4/c1-25(21(27)20(26)19(23)15-17-9-4-2-5-10-17)14-8-13-24-22(28)29-16-18-11-6-3-7-12-18/h2-7,9-12,19-20,26H,8,13-16,23H2,1H3,(H,24,28)/t19-,20?/m1/s1. The normalized spacial score (nSPS) is 12.7. The van der Waals surface area contributed by atoms with Gasteiger partial charge >= 0.3 is 6.09 Å². The summed E-state index contributed by atoms with van der Waals surface area (Å²) in [5.41, 5.74) is 7.87. The highest BCUT2D eigenvalue weighted by Gasteiger charge is 2.25. The monoisotopic (exact) mass is 399 g/mol. The van der Waals surface area contributed by atoms with E-state index in [1.807, 2.05) is 60.7 Å². The van der Waals surface area contributed by atoms with Gasteiger partial charge in [0.1, 0.15) is 12.7 Å². The molecule has 0 aliphatic heterocycles. The Bertz CT molecular complexity index is 755. The van der Waals surface area contributed by atoms with Crippen molar-refractivity contribution in [3.63, 3.8) is 0 Å².